The van der Waals surface area contributed by atoms with Gasteiger partial charge in [0.2, 0.25) is 6.29 Å². The molecule has 1 fully saturated rings. The lowest BCUT2D eigenvalue weighted by Crippen LogP contribution is -2.60. The fourth-order valence-corrected chi connectivity index (χ4v) is 2.47. The lowest BCUT2D eigenvalue weighted by molar-refractivity contribution is -0.277. The first-order valence-electron chi connectivity index (χ1n) is 7.80. The largest absolute Gasteiger partial charge is 0.504 e. The molecule has 0 spiro atoms. The van der Waals surface area contributed by atoms with Crippen molar-refractivity contribution in [1.82, 2.24) is 0 Å². The van der Waals surface area contributed by atoms with Crippen LogP contribution < -0.4 is 4.74 Å². The highest BCUT2D eigenvalue weighted by atomic mass is 16.7. The van der Waals surface area contributed by atoms with Crippen LogP contribution in [0.5, 0.6) is 11.5 Å². The predicted molar refractivity (Wildman–Crippen MR) is 82.5 cm³/mol. The number of aliphatic hydroxyl groups is 5. The Bertz CT molecular complexity index is 533. The van der Waals surface area contributed by atoms with Gasteiger partial charge in [-0.25, -0.2) is 0 Å². The van der Waals surface area contributed by atoms with Crippen molar-refractivity contribution in [1.29, 1.82) is 0 Å². The molecule has 0 aliphatic carbocycles. The summed E-state index contributed by atoms with van der Waals surface area (Å²) in [5.74, 6) is -0.157. The fourth-order valence-electron chi connectivity index (χ4n) is 2.47. The molecule has 1 aromatic carbocycles. The molecule has 1 aliphatic heterocycles. The van der Waals surface area contributed by atoms with Crippen molar-refractivity contribution in [3.05, 3.63) is 23.8 Å². The first-order valence-corrected chi connectivity index (χ1v) is 7.80. The molecule has 1 unspecified atom stereocenters. The number of ether oxygens (including phenoxy) is 2. The first kappa shape index (κ1) is 18.9. The number of rotatable bonds is 6. The van der Waals surface area contributed by atoms with Crippen molar-refractivity contribution in [3.63, 3.8) is 0 Å². The van der Waals surface area contributed by atoms with Crippen molar-refractivity contribution < 1.29 is 40.1 Å². The van der Waals surface area contributed by atoms with Gasteiger partial charge in [0.15, 0.2) is 11.5 Å². The van der Waals surface area contributed by atoms with Crippen LogP contribution in [0, 0.1) is 0 Å². The summed E-state index contributed by atoms with van der Waals surface area (Å²) in [5.41, 5.74) is 0.799. The highest BCUT2D eigenvalue weighted by Gasteiger charge is 2.44. The lowest BCUT2D eigenvalue weighted by atomic mass is 9.99. The number of phenolic OH excluding ortho intramolecular Hbond substituents is 1. The molecule has 0 saturated carbocycles. The molecular formula is C16H24O8. The number of hydrogen-bond acceptors (Lipinski definition) is 8. The Morgan fingerprint density at radius 3 is 2.50 bits per heavy atom. The maximum absolute atomic E-state index is 9.96. The minimum Gasteiger partial charge on any atom is -0.504 e. The van der Waals surface area contributed by atoms with Gasteiger partial charge in [-0.3, -0.25) is 0 Å². The number of aliphatic hydroxyl groups excluding tert-OH is 5. The average molecular weight is 344 g/mol. The summed E-state index contributed by atoms with van der Waals surface area (Å²) in [7, 11) is 0. The van der Waals surface area contributed by atoms with Crippen LogP contribution in [0.25, 0.3) is 0 Å². The van der Waals surface area contributed by atoms with Crippen LogP contribution in [0.3, 0.4) is 0 Å². The van der Waals surface area contributed by atoms with Crippen LogP contribution in [0.1, 0.15) is 18.9 Å². The second kappa shape index (κ2) is 8.11. The second-order valence-corrected chi connectivity index (χ2v) is 6.00. The van der Waals surface area contributed by atoms with E-state index in [-0.39, 0.29) is 11.5 Å². The van der Waals surface area contributed by atoms with Crippen molar-refractivity contribution in [2.24, 2.45) is 0 Å². The zero-order chi connectivity index (χ0) is 17.9. The molecule has 0 amide bonds. The van der Waals surface area contributed by atoms with Gasteiger partial charge in [0, 0.05) is 0 Å². The smallest absolute Gasteiger partial charge is 0.229 e. The Labute approximate surface area is 139 Å². The molecule has 1 saturated heterocycles. The number of phenols is 1. The summed E-state index contributed by atoms with van der Waals surface area (Å²) in [4.78, 5) is 0. The Balaban J connectivity index is 2.12. The number of aromatic hydroxyl groups is 1. The Morgan fingerprint density at radius 1 is 1.17 bits per heavy atom. The van der Waals surface area contributed by atoms with E-state index in [0.29, 0.717) is 12.8 Å². The number of benzene rings is 1. The lowest BCUT2D eigenvalue weighted by Gasteiger charge is -2.39. The molecule has 2 rings (SSSR count). The molecule has 1 aromatic rings. The standard InChI is InChI=1S/C16H24O8/c1-8(18)2-3-9-4-5-10(19)11(6-9)23-16-15(22)14(21)13(20)12(7-17)24-16/h4-6,8,12-22H,2-3,7H2,1H3/t8?,12-,13-,14+,15-,16-/m1/s1. The Morgan fingerprint density at radius 2 is 1.88 bits per heavy atom. The average Bonchev–Trinajstić information content (AvgIpc) is 2.55. The van der Waals surface area contributed by atoms with Crippen LogP contribution in [0.15, 0.2) is 18.2 Å². The van der Waals surface area contributed by atoms with E-state index in [2.05, 4.69) is 0 Å². The summed E-state index contributed by atoms with van der Waals surface area (Å²) in [6.45, 7) is 1.11. The van der Waals surface area contributed by atoms with Crippen LogP contribution >= 0.6 is 0 Å². The van der Waals surface area contributed by atoms with Gasteiger partial charge in [-0.1, -0.05) is 6.07 Å². The zero-order valence-corrected chi connectivity index (χ0v) is 13.3. The van der Waals surface area contributed by atoms with Crippen LogP contribution in [-0.2, 0) is 11.2 Å². The summed E-state index contributed by atoms with van der Waals surface area (Å²) in [5, 5.41) is 57.9. The van der Waals surface area contributed by atoms with Crippen molar-refractivity contribution >= 4 is 0 Å². The molecule has 1 heterocycles. The predicted octanol–water partition coefficient (Wildman–Crippen LogP) is -1.12. The monoisotopic (exact) mass is 344 g/mol. The molecule has 6 N–H and O–H groups in total. The summed E-state index contributed by atoms with van der Waals surface area (Å²) in [6, 6.07) is 4.63. The van der Waals surface area contributed by atoms with Crippen LogP contribution in [0.4, 0.5) is 0 Å². The van der Waals surface area contributed by atoms with Gasteiger partial charge >= 0.3 is 0 Å². The van der Waals surface area contributed by atoms with E-state index in [9.17, 15) is 25.5 Å². The molecule has 0 bridgehead atoms. The Kier molecular flexibility index (Phi) is 6.39. The minimum absolute atomic E-state index is 0.0300. The van der Waals surface area contributed by atoms with E-state index in [4.69, 9.17) is 14.6 Å². The molecule has 1 aliphatic rings. The van der Waals surface area contributed by atoms with Gasteiger partial charge in [-0.2, -0.15) is 0 Å². The summed E-state index contributed by atoms with van der Waals surface area (Å²) in [6.07, 6.45) is -6.41. The summed E-state index contributed by atoms with van der Waals surface area (Å²) >= 11 is 0. The van der Waals surface area contributed by atoms with E-state index in [1.807, 2.05) is 0 Å². The Hall–Kier alpha value is -1.42. The zero-order valence-electron chi connectivity index (χ0n) is 13.3. The van der Waals surface area contributed by atoms with Gasteiger partial charge in [0.25, 0.3) is 0 Å². The molecule has 8 heteroatoms. The van der Waals surface area contributed by atoms with E-state index in [1.54, 1.807) is 19.1 Å². The van der Waals surface area contributed by atoms with Gasteiger partial charge in [-0.05, 0) is 37.5 Å². The molecular weight excluding hydrogens is 320 g/mol. The third kappa shape index (κ3) is 4.35. The van der Waals surface area contributed by atoms with Crippen LogP contribution in [-0.4, -0.2) is 74.1 Å². The van der Waals surface area contributed by atoms with E-state index < -0.39 is 43.4 Å². The fraction of sp³-hybridized carbons (Fsp3) is 0.625. The van der Waals surface area contributed by atoms with Gasteiger partial charge < -0.3 is 40.1 Å². The third-order valence-electron chi connectivity index (χ3n) is 3.97. The van der Waals surface area contributed by atoms with Crippen molar-refractivity contribution in [2.45, 2.75) is 56.6 Å². The SMILES string of the molecule is CC(O)CCc1ccc(O)c(O[C@@H]2O[C@H](CO)[C@@H](O)[C@H](O)[C@H]2O)c1. The van der Waals surface area contributed by atoms with E-state index in [0.717, 1.165) is 5.56 Å². The highest BCUT2D eigenvalue weighted by Crippen LogP contribution is 2.31. The second-order valence-electron chi connectivity index (χ2n) is 6.00. The number of hydrogen-bond donors (Lipinski definition) is 6. The van der Waals surface area contributed by atoms with Gasteiger partial charge in [0.1, 0.15) is 24.4 Å². The van der Waals surface area contributed by atoms with E-state index >= 15 is 0 Å². The molecule has 0 radical (unpaired) electrons. The van der Waals surface area contributed by atoms with Crippen molar-refractivity contribution in [2.75, 3.05) is 6.61 Å². The van der Waals surface area contributed by atoms with E-state index in [1.165, 1.54) is 6.07 Å². The van der Waals surface area contributed by atoms with Gasteiger partial charge in [-0.15, -0.1) is 0 Å². The molecule has 8 nitrogen and oxygen atoms in total. The quantitative estimate of drug-likeness (QED) is 0.382. The molecule has 24 heavy (non-hydrogen) atoms. The van der Waals surface area contributed by atoms with Gasteiger partial charge in [0.05, 0.1) is 12.7 Å². The maximum Gasteiger partial charge on any atom is 0.229 e. The first-order chi connectivity index (χ1) is 11.3. The number of aryl methyl sites for hydroxylation is 1. The molecule has 0 aromatic heterocycles. The normalized spacial score (nSPS) is 31.7. The third-order valence-corrected chi connectivity index (χ3v) is 3.97. The molecule has 136 valence electrons. The maximum atomic E-state index is 9.96. The summed E-state index contributed by atoms with van der Waals surface area (Å²) < 4.78 is 10.7. The minimum atomic E-state index is -1.55. The van der Waals surface area contributed by atoms with Crippen LogP contribution in [0.2, 0.25) is 0 Å². The van der Waals surface area contributed by atoms with Crippen molar-refractivity contribution in [3.8, 4) is 11.5 Å². The molecule has 6 atom stereocenters. The highest BCUT2D eigenvalue weighted by molar-refractivity contribution is 5.42. The topological polar surface area (TPSA) is 140 Å².